The monoisotopic (exact) mass is 652 g/mol. The zero-order chi connectivity index (χ0) is 33.9. The van der Waals surface area contributed by atoms with Crippen molar-refractivity contribution in [2.75, 3.05) is 18.5 Å². The Morgan fingerprint density at radius 3 is 2.41 bits per heavy atom. The number of aromatic hydroxyl groups is 2. The first-order valence-electron chi connectivity index (χ1n) is 14.3. The number of amides is 1. The lowest BCUT2D eigenvalue weighted by Crippen LogP contribution is -2.57. The largest absolute Gasteiger partial charge is 0.507 e. The minimum atomic E-state index is -5.25. The molecule has 13 nitrogen and oxygen atoms in total. The van der Waals surface area contributed by atoms with Crippen molar-refractivity contribution in [1.82, 2.24) is 5.32 Å². The van der Waals surface area contributed by atoms with Crippen molar-refractivity contribution in [2.45, 2.75) is 75.5 Å². The summed E-state index contributed by atoms with van der Waals surface area (Å²) >= 11 is 0. The molecule has 1 saturated heterocycles. The van der Waals surface area contributed by atoms with E-state index in [2.05, 4.69) is 5.32 Å². The Labute approximate surface area is 258 Å². The van der Waals surface area contributed by atoms with E-state index >= 15 is 0 Å². The van der Waals surface area contributed by atoms with Gasteiger partial charge >= 0.3 is 12.1 Å². The Morgan fingerprint density at radius 2 is 1.78 bits per heavy atom. The van der Waals surface area contributed by atoms with Crippen LogP contribution >= 0.6 is 0 Å². The number of rotatable bonds is 7. The molecule has 3 aliphatic rings. The summed E-state index contributed by atoms with van der Waals surface area (Å²) in [7, 11) is 0. The predicted molar refractivity (Wildman–Crippen MR) is 149 cm³/mol. The normalized spacial score (nSPS) is 27.3. The van der Waals surface area contributed by atoms with Crippen LogP contribution in [0.2, 0.25) is 0 Å². The fourth-order valence-electron chi connectivity index (χ4n) is 6.22. The van der Waals surface area contributed by atoms with Crippen molar-refractivity contribution in [3.05, 3.63) is 51.6 Å². The lowest BCUT2D eigenvalue weighted by molar-refractivity contribution is -0.250. The third kappa shape index (κ3) is 5.60. The summed E-state index contributed by atoms with van der Waals surface area (Å²) in [6.07, 6.45) is -12.8. The highest BCUT2D eigenvalue weighted by atomic mass is 19.4. The Kier molecular flexibility index (Phi) is 8.63. The van der Waals surface area contributed by atoms with Gasteiger partial charge in [-0.05, 0) is 19.9 Å². The van der Waals surface area contributed by atoms with E-state index < -0.39 is 108 Å². The Hall–Kier alpha value is -4.09. The molecule has 2 aromatic carbocycles. The smallest absolute Gasteiger partial charge is 0.471 e. The number of alkyl halides is 3. The summed E-state index contributed by atoms with van der Waals surface area (Å²) in [4.78, 5) is 51.8. The van der Waals surface area contributed by atoms with E-state index in [0.29, 0.717) is 0 Å². The lowest BCUT2D eigenvalue weighted by atomic mass is 9.72. The highest BCUT2D eigenvalue weighted by Gasteiger charge is 2.50. The van der Waals surface area contributed by atoms with Gasteiger partial charge in [-0.15, -0.1) is 0 Å². The van der Waals surface area contributed by atoms with Gasteiger partial charge in [0.25, 0.3) is 0 Å². The highest BCUT2D eigenvalue weighted by molar-refractivity contribution is 6.32. The minimum Gasteiger partial charge on any atom is -0.507 e. The second kappa shape index (κ2) is 11.9. The standard InChI is InChI=1S/C30H31F3N2O11/c1-11-23(38)16(35-28(43)30(31,32)33)8-18(45-11)46-17-10-29(44,12(2)37)9-14-20(17)27(42)22-21(25(14)40)24(39)13-4-3-5-15(34-6-7-36)19(13)26(22)41/h3-5,11,16-18,23,34,36,38,40,42,44H,6-10H2,1-2H3,(H,35,43)/t11-,16-,17-,18?,23+,29-/m0/s1. The number of hydrogen-bond donors (Lipinski definition) is 7. The van der Waals surface area contributed by atoms with E-state index in [1.165, 1.54) is 25.1 Å². The number of aliphatic hydroxyl groups excluding tert-OH is 2. The van der Waals surface area contributed by atoms with Crippen molar-refractivity contribution in [3.8, 4) is 11.5 Å². The second-order valence-electron chi connectivity index (χ2n) is 11.5. The summed E-state index contributed by atoms with van der Waals surface area (Å²) < 4.78 is 50.4. The van der Waals surface area contributed by atoms with Crippen molar-refractivity contribution < 1.29 is 67.4 Å². The van der Waals surface area contributed by atoms with Crippen LogP contribution in [0, 0.1) is 0 Å². The summed E-state index contributed by atoms with van der Waals surface area (Å²) in [6, 6.07) is 2.77. The van der Waals surface area contributed by atoms with E-state index in [0.717, 1.165) is 6.92 Å². The number of carbonyl (C=O) groups is 4. The molecule has 2 aromatic rings. The number of hydrogen-bond acceptors (Lipinski definition) is 12. The van der Waals surface area contributed by atoms with E-state index in [4.69, 9.17) is 9.47 Å². The SMILES string of the molecule is CC(=O)[C@]1(O)Cc2c(O)c3c(c(O)c2[C@@H](OC2C[C@H](NC(=O)C(F)(F)F)[C@H](O)[C@H](C)O2)C1)C(=O)c1c(NCCO)cccc1C3=O. The van der Waals surface area contributed by atoms with Gasteiger partial charge in [-0.3, -0.25) is 19.2 Å². The minimum absolute atomic E-state index is 0.0185. The topological polar surface area (TPSA) is 212 Å². The van der Waals surface area contributed by atoms with Crippen LogP contribution in [0.1, 0.15) is 75.8 Å². The zero-order valence-corrected chi connectivity index (χ0v) is 24.5. The van der Waals surface area contributed by atoms with Gasteiger partial charge in [0.05, 0.1) is 41.5 Å². The predicted octanol–water partition coefficient (Wildman–Crippen LogP) is 1.14. The van der Waals surface area contributed by atoms with Crippen LogP contribution in [0.25, 0.3) is 0 Å². The number of benzene rings is 2. The number of Topliss-reactive ketones (excluding diaryl/α,β-unsaturated/α-hetero) is 1. The van der Waals surface area contributed by atoms with Crippen LogP contribution in [0.3, 0.4) is 0 Å². The summed E-state index contributed by atoms with van der Waals surface area (Å²) in [5.41, 5.74) is -4.02. The quantitative estimate of drug-likeness (QED) is 0.179. The molecule has 2 aliphatic carbocycles. The number of ketones is 3. The van der Waals surface area contributed by atoms with Crippen LogP contribution in [0.4, 0.5) is 18.9 Å². The van der Waals surface area contributed by atoms with Gasteiger partial charge in [-0.2, -0.15) is 13.2 Å². The molecule has 0 aromatic heterocycles. The Balaban J connectivity index is 1.59. The molecule has 1 fully saturated rings. The molecule has 1 heterocycles. The molecule has 0 saturated carbocycles. The van der Waals surface area contributed by atoms with Crippen molar-refractivity contribution in [2.24, 2.45) is 0 Å². The first-order valence-corrected chi connectivity index (χ1v) is 14.3. The molecule has 7 N–H and O–H groups in total. The fourth-order valence-corrected chi connectivity index (χ4v) is 6.22. The number of carbonyl (C=O) groups excluding carboxylic acids is 4. The fraction of sp³-hybridized carbons (Fsp3) is 0.467. The highest BCUT2D eigenvalue weighted by Crippen LogP contribution is 2.52. The van der Waals surface area contributed by atoms with Crippen molar-refractivity contribution >= 4 is 28.9 Å². The van der Waals surface area contributed by atoms with Crippen molar-refractivity contribution in [1.29, 1.82) is 0 Å². The number of ether oxygens (including phenoxy) is 2. The summed E-state index contributed by atoms with van der Waals surface area (Å²) in [5.74, 6) is -6.40. The number of halogens is 3. The van der Waals surface area contributed by atoms with Crippen LogP contribution < -0.4 is 10.6 Å². The van der Waals surface area contributed by atoms with Crippen molar-refractivity contribution in [3.63, 3.8) is 0 Å². The molecule has 0 spiro atoms. The molecule has 16 heteroatoms. The van der Waals surface area contributed by atoms with Gasteiger partial charge in [-0.1, -0.05) is 12.1 Å². The zero-order valence-electron chi connectivity index (χ0n) is 24.5. The molecule has 1 unspecified atom stereocenters. The molecule has 1 amide bonds. The Bertz CT molecular complexity index is 1630. The summed E-state index contributed by atoms with van der Waals surface area (Å²) in [6.45, 7) is 2.07. The van der Waals surface area contributed by atoms with Gasteiger partial charge in [-0.25, -0.2) is 0 Å². The number of anilines is 1. The van der Waals surface area contributed by atoms with E-state index in [1.54, 1.807) is 5.32 Å². The number of fused-ring (bicyclic) bond motifs is 3. The molecular formula is C30H31F3N2O11. The lowest BCUT2D eigenvalue weighted by Gasteiger charge is -2.42. The molecule has 1 aliphatic heterocycles. The molecule has 0 radical (unpaired) electrons. The molecule has 46 heavy (non-hydrogen) atoms. The first-order chi connectivity index (χ1) is 21.5. The Morgan fingerprint density at radius 1 is 1.11 bits per heavy atom. The number of phenols is 2. The number of aliphatic hydroxyl groups is 3. The molecule has 5 rings (SSSR count). The average molecular weight is 653 g/mol. The van der Waals surface area contributed by atoms with Gasteiger partial charge in [0.2, 0.25) is 0 Å². The summed E-state index contributed by atoms with van der Waals surface area (Å²) in [5, 5.41) is 58.5. The first kappa shape index (κ1) is 33.3. The number of phenolic OH excluding ortho intramolecular Hbond substituents is 2. The molecular weight excluding hydrogens is 621 g/mol. The van der Waals surface area contributed by atoms with E-state index in [9.17, 15) is 57.9 Å². The van der Waals surface area contributed by atoms with Gasteiger partial charge in [0, 0.05) is 48.2 Å². The number of nitrogens with one attached hydrogen (secondary N) is 2. The third-order valence-corrected chi connectivity index (χ3v) is 8.57. The van der Waals surface area contributed by atoms with Crippen LogP contribution in [-0.2, 0) is 25.5 Å². The molecule has 0 bridgehead atoms. The van der Waals surface area contributed by atoms with Crippen LogP contribution in [0.5, 0.6) is 11.5 Å². The van der Waals surface area contributed by atoms with E-state index in [-0.39, 0.29) is 41.1 Å². The maximum absolute atomic E-state index is 13.9. The van der Waals surface area contributed by atoms with E-state index in [1.807, 2.05) is 0 Å². The molecule has 248 valence electrons. The molecule has 6 atom stereocenters. The maximum atomic E-state index is 13.9. The maximum Gasteiger partial charge on any atom is 0.471 e. The van der Waals surface area contributed by atoms with Crippen LogP contribution in [0.15, 0.2) is 18.2 Å². The average Bonchev–Trinajstić information content (AvgIpc) is 2.98. The van der Waals surface area contributed by atoms with Gasteiger partial charge in [0.15, 0.2) is 23.6 Å². The van der Waals surface area contributed by atoms with Crippen LogP contribution in [-0.4, -0.2) is 98.3 Å². The second-order valence-corrected chi connectivity index (χ2v) is 11.5. The third-order valence-electron chi connectivity index (χ3n) is 8.57. The van der Waals surface area contributed by atoms with Gasteiger partial charge in [0.1, 0.15) is 23.2 Å². The van der Waals surface area contributed by atoms with Gasteiger partial charge < -0.3 is 45.6 Å².